The molecular weight excluding hydrogens is 554 g/mol. The first-order chi connectivity index (χ1) is 10.4. The van der Waals surface area contributed by atoms with Crippen LogP contribution in [-0.2, 0) is 86.7 Å². The summed E-state index contributed by atoms with van der Waals surface area (Å²) in [6, 6.07) is 0. The zero-order chi connectivity index (χ0) is 21.5. The van der Waals surface area contributed by atoms with Crippen molar-refractivity contribution in [3.05, 3.63) is 0 Å². The smallest absolute Gasteiger partial charge is 0.750 e. The first-order valence-corrected chi connectivity index (χ1v) is 9.29. The molecule has 0 aromatic rings. The Hall–Kier alpha value is 2.00. The molecule has 1 radical (unpaired) electrons. The van der Waals surface area contributed by atoms with Crippen molar-refractivity contribution in [1.29, 1.82) is 0 Å². The average molecular weight is 560 g/mol. The minimum atomic E-state index is -2.86. The van der Waals surface area contributed by atoms with E-state index in [1.807, 2.05) is 0 Å². The molecule has 6 N–H and O–H groups in total. The van der Waals surface area contributed by atoms with E-state index in [1.54, 1.807) is 0 Å². The Kier molecular flexibility index (Phi) is 89.6. The zero-order valence-electron chi connectivity index (χ0n) is 11.5. The van der Waals surface area contributed by atoms with Crippen LogP contribution in [0.1, 0.15) is 0 Å². The van der Waals surface area contributed by atoms with Crippen molar-refractivity contribution in [2.75, 3.05) is 0 Å². The van der Waals surface area contributed by atoms with Crippen molar-refractivity contribution in [3.8, 4) is 0 Å². The minimum absolute atomic E-state index is 0. The Labute approximate surface area is 194 Å². The van der Waals surface area contributed by atoms with Gasteiger partial charge in [0, 0.05) is 18.6 Å². The van der Waals surface area contributed by atoms with E-state index < -0.39 is 68.2 Å². The molecule has 0 amide bonds. The van der Waals surface area contributed by atoms with Crippen LogP contribution in [0.3, 0.4) is 0 Å². The Balaban J connectivity index is -0.0000000245. The van der Waals surface area contributed by atoms with Crippen molar-refractivity contribution in [2.45, 2.75) is 0 Å². The largest absolute Gasteiger partial charge is 1.00 e. The van der Waals surface area contributed by atoms with Gasteiger partial charge in [-0.3, -0.25) is 0 Å². The van der Waals surface area contributed by atoms with Crippen LogP contribution in [-0.4, -0.2) is 79.9 Å². The van der Waals surface area contributed by atoms with E-state index in [0.717, 1.165) is 0 Å². The quantitative estimate of drug-likeness (QED) is 0.118. The van der Waals surface area contributed by atoms with E-state index in [9.17, 15) is 0 Å². The van der Waals surface area contributed by atoms with Crippen molar-refractivity contribution >= 4 is 68.2 Å². The van der Waals surface area contributed by atoms with Crippen LogP contribution in [0.4, 0.5) is 0 Å². The van der Waals surface area contributed by atoms with Crippen molar-refractivity contribution in [2.24, 2.45) is 0 Å². The normalized spacial score (nSPS) is 14.3. The molecule has 0 aliphatic carbocycles. The molecular formula is H6NaO18S6V-5. The van der Waals surface area contributed by atoms with Crippen molar-refractivity contribution in [3.63, 3.8) is 0 Å². The molecule has 26 heteroatoms. The fraction of sp³-hybridized carbons (Fsp3) is 0. The Morgan fingerprint density at radius 3 is 0.385 bits per heavy atom. The van der Waals surface area contributed by atoms with Crippen LogP contribution in [0, 0.1) is 0 Å². The van der Waals surface area contributed by atoms with Gasteiger partial charge in [-0.2, -0.15) is 0 Å². The van der Waals surface area contributed by atoms with E-state index in [1.165, 1.54) is 0 Å². The molecule has 6 atom stereocenters. The number of hydrogen-bond acceptors (Lipinski definition) is 12. The van der Waals surface area contributed by atoms with Gasteiger partial charge < -0.3 is 54.6 Å². The summed E-state index contributed by atoms with van der Waals surface area (Å²) in [6.45, 7) is 0. The maximum Gasteiger partial charge on any atom is 1.00 e. The first kappa shape index (κ1) is 51.0. The van der Waals surface area contributed by atoms with Crippen LogP contribution in [0.25, 0.3) is 0 Å². The fourth-order valence-electron chi connectivity index (χ4n) is 0. The van der Waals surface area contributed by atoms with Crippen LogP contribution < -0.4 is 29.6 Å². The topological polar surface area (TPSA) is 362 Å². The maximum atomic E-state index is 8.56. The summed E-state index contributed by atoms with van der Waals surface area (Å²) >= 11 is -17.2. The molecule has 0 saturated heterocycles. The molecule has 161 valence electrons. The molecule has 6 unspecified atom stereocenters. The van der Waals surface area contributed by atoms with Crippen molar-refractivity contribution in [1.82, 2.24) is 0 Å². The van der Waals surface area contributed by atoms with Gasteiger partial charge in [-0.25, -0.2) is 25.3 Å². The van der Waals surface area contributed by atoms with E-state index in [2.05, 4.69) is 0 Å². The molecule has 26 heavy (non-hydrogen) atoms. The van der Waals surface area contributed by atoms with Gasteiger partial charge in [0.1, 0.15) is 0 Å². The molecule has 18 nitrogen and oxygen atoms in total. The predicted octanol–water partition coefficient (Wildman–Crippen LogP) is -6.97. The summed E-state index contributed by atoms with van der Waals surface area (Å²) < 4.78 is 144. The van der Waals surface area contributed by atoms with Crippen molar-refractivity contribution < 1.29 is 128 Å². The molecule has 0 saturated carbocycles. The summed E-state index contributed by atoms with van der Waals surface area (Å²) in [5.41, 5.74) is 0. The molecule has 0 heterocycles. The molecule has 0 fully saturated rings. The summed E-state index contributed by atoms with van der Waals surface area (Å²) in [7, 11) is 0. The van der Waals surface area contributed by atoms with E-state index >= 15 is 0 Å². The minimum Gasteiger partial charge on any atom is -0.750 e. The van der Waals surface area contributed by atoms with E-state index in [0.29, 0.717) is 0 Å². The standard InChI is InChI=1S/Na.6H2O3S.V/c;6*1-4(2)3;/h;6*(H2,1,2,3);/q+1;;;;;;;/p-6. The second kappa shape index (κ2) is 45.6. The number of hydrogen-bond donors (Lipinski definition) is 6. The first-order valence-electron chi connectivity index (χ1n) is 3.10. The molecule has 0 rings (SSSR count). The summed E-state index contributed by atoms with van der Waals surface area (Å²) in [5.74, 6) is 0. The summed E-state index contributed by atoms with van der Waals surface area (Å²) in [6.07, 6.45) is 0. The van der Waals surface area contributed by atoms with Gasteiger partial charge in [0.25, 0.3) is 0 Å². The second-order valence-electron chi connectivity index (χ2n) is 1.30. The molecule has 0 spiro atoms. The molecule has 0 aliphatic rings. The second-order valence-corrected chi connectivity index (χ2v) is 3.91. The predicted molar refractivity (Wildman–Crippen MR) is 69.3 cm³/mol. The SMILES string of the molecule is O=S([O-])O.O=S([O-])O.O=S([O-])O.O=S([O-])O.O=S([O-])O.O=S([O-])O.[Na+].[V]. The van der Waals surface area contributed by atoms with Gasteiger partial charge in [0.2, 0.25) is 0 Å². The molecule has 0 aliphatic heterocycles. The van der Waals surface area contributed by atoms with E-state index in [-0.39, 0.29) is 48.1 Å². The molecule has 0 aromatic carbocycles. The van der Waals surface area contributed by atoms with Crippen LogP contribution in [0.5, 0.6) is 0 Å². The van der Waals surface area contributed by atoms with Gasteiger partial charge in [-0.05, 0) is 0 Å². The van der Waals surface area contributed by atoms with Gasteiger partial charge in [-0.15, -0.1) is 0 Å². The third kappa shape index (κ3) is 4050. The zero-order valence-corrected chi connectivity index (χ0v) is 19.8. The third-order valence-electron chi connectivity index (χ3n) is 0. The summed E-state index contributed by atoms with van der Waals surface area (Å²) in [4.78, 5) is 0. The average Bonchev–Trinajstić information content (AvgIpc) is 2.08. The van der Waals surface area contributed by atoms with Gasteiger partial charge in [-0.1, -0.05) is 0 Å². The molecule has 0 aromatic heterocycles. The van der Waals surface area contributed by atoms with Gasteiger partial charge in [0.15, 0.2) is 0 Å². The van der Waals surface area contributed by atoms with E-state index in [4.69, 9.17) is 79.9 Å². The Bertz CT molecular complexity index is 263. The van der Waals surface area contributed by atoms with Crippen LogP contribution in [0.2, 0.25) is 0 Å². The fourth-order valence-corrected chi connectivity index (χ4v) is 0. The Morgan fingerprint density at radius 2 is 0.385 bits per heavy atom. The summed E-state index contributed by atoms with van der Waals surface area (Å²) in [5, 5.41) is 0. The monoisotopic (exact) mass is 560 g/mol. The number of rotatable bonds is 0. The van der Waals surface area contributed by atoms with Gasteiger partial charge in [0.05, 0.1) is 68.2 Å². The van der Waals surface area contributed by atoms with Gasteiger partial charge >= 0.3 is 29.6 Å². The van der Waals surface area contributed by atoms with Crippen LogP contribution in [0.15, 0.2) is 0 Å². The Morgan fingerprint density at radius 1 is 0.385 bits per heavy atom. The third-order valence-corrected chi connectivity index (χ3v) is 0. The van der Waals surface area contributed by atoms with Crippen LogP contribution >= 0.6 is 0 Å². The maximum absolute atomic E-state index is 8.56. The molecule has 0 bridgehead atoms.